The molecular weight excluding hydrogens is 202 g/mol. The smallest absolute Gasteiger partial charge is 0.225 e. The first-order valence-corrected chi connectivity index (χ1v) is 5.31. The lowest BCUT2D eigenvalue weighted by molar-refractivity contribution is -0.132. The van der Waals surface area contributed by atoms with Crippen LogP contribution in [0.2, 0.25) is 0 Å². The van der Waals surface area contributed by atoms with Crippen LogP contribution in [-0.2, 0) is 4.79 Å². The van der Waals surface area contributed by atoms with Gasteiger partial charge < -0.3 is 4.90 Å². The van der Waals surface area contributed by atoms with E-state index in [1.54, 1.807) is 33.2 Å². The number of hydrogen-bond donors (Lipinski definition) is 0. The molecule has 3 nitrogen and oxygen atoms in total. The van der Waals surface area contributed by atoms with Crippen molar-refractivity contribution < 1.29 is 9.59 Å². The Kier molecular flexibility index (Phi) is 4.23. The normalized spacial score (nSPS) is 11.9. The Morgan fingerprint density at radius 1 is 1.19 bits per heavy atom. The first-order valence-electron chi connectivity index (χ1n) is 5.31. The predicted molar refractivity (Wildman–Crippen MR) is 63.2 cm³/mol. The number of nitrogens with zero attached hydrogens (tertiary/aromatic N) is 1. The molecule has 1 atom stereocenters. The molecular formula is C13H17NO2. The molecule has 0 heterocycles. The van der Waals surface area contributed by atoms with Gasteiger partial charge in [0.1, 0.15) is 0 Å². The van der Waals surface area contributed by atoms with Crippen molar-refractivity contribution in [3.8, 4) is 0 Å². The minimum Gasteiger partial charge on any atom is -0.349 e. The number of Topliss-reactive ketones (excluding diaryl/α,β-unsaturated/α-hetero) is 1. The summed E-state index contributed by atoms with van der Waals surface area (Å²) in [5.74, 6) is -0.254. The fraction of sp³-hybridized carbons (Fsp3) is 0.385. The van der Waals surface area contributed by atoms with Crippen molar-refractivity contribution in [1.82, 2.24) is 4.90 Å². The summed E-state index contributed by atoms with van der Waals surface area (Å²) in [7, 11) is 3.40. The van der Waals surface area contributed by atoms with Crippen LogP contribution in [0.4, 0.5) is 0 Å². The number of amides is 1. The first kappa shape index (κ1) is 12.4. The van der Waals surface area contributed by atoms with Crippen LogP contribution in [0, 0.1) is 5.92 Å². The summed E-state index contributed by atoms with van der Waals surface area (Å²) in [5.41, 5.74) is 0.668. The van der Waals surface area contributed by atoms with Gasteiger partial charge in [0.05, 0.1) is 0 Å². The number of carbonyl (C=O) groups is 2. The molecule has 0 aliphatic rings. The van der Waals surface area contributed by atoms with Crippen molar-refractivity contribution in [3.05, 3.63) is 35.9 Å². The molecule has 0 aliphatic heterocycles. The average molecular weight is 219 g/mol. The van der Waals surface area contributed by atoms with Gasteiger partial charge >= 0.3 is 0 Å². The maximum absolute atomic E-state index is 11.8. The highest BCUT2D eigenvalue weighted by atomic mass is 16.2. The van der Waals surface area contributed by atoms with Gasteiger partial charge in [-0.25, -0.2) is 0 Å². The van der Waals surface area contributed by atoms with Gasteiger partial charge in [-0.2, -0.15) is 0 Å². The molecule has 0 aliphatic carbocycles. The van der Waals surface area contributed by atoms with Crippen molar-refractivity contribution in [2.75, 3.05) is 14.1 Å². The van der Waals surface area contributed by atoms with E-state index in [1.165, 1.54) is 4.90 Å². The summed E-state index contributed by atoms with van der Waals surface area (Å²) in [5, 5.41) is 0. The first-order chi connectivity index (χ1) is 7.52. The summed E-state index contributed by atoms with van der Waals surface area (Å²) in [6.45, 7) is 1.78. The lowest BCUT2D eigenvalue weighted by Crippen LogP contribution is -2.29. The fourth-order valence-corrected chi connectivity index (χ4v) is 1.55. The van der Waals surface area contributed by atoms with Crippen LogP contribution in [0.5, 0.6) is 0 Å². The number of rotatable bonds is 4. The third-order valence-electron chi connectivity index (χ3n) is 2.45. The SMILES string of the molecule is CC(CC(=O)c1ccccc1)C(=O)N(C)C. The van der Waals surface area contributed by atoms with E-state index in [1.807, 2.05) is 18.2 Å². The van der Waals surface area contributed by atoms with Gasteiger partial charge in [-0.1, -0.05) is 37.3 Å². The predicted octanol–water partition coefficient (Wildman–Crippen LogP) is 1.98. The van der Waals surface area contributed by atoms with E-state index in [0.717, 1.165) is 0 Å². The van der Waals surface area contributed by atoms with Crippen LogP contribution in [-0.4, -0.2) is 30.7 Å². The second kappa shape index (κ2) is 5.45. The molecule has 0 fully saturated rings. The van der Waals surface area contributed by atoms with E-state index in [9.17, 15) is 9.59 Å². The molecule has 3 heteroatoms. The molecule has 86 valence electrons. The zero-order valence-electron chi connectivity index (χ0n) is 9.93. The van der Waals surface area contributed by atoms with Crippen LogP contribution in [0.15, 0.2) is 30.3 Å². The van der Waals surface area contributed by atoms with Gasteiger partial charge in [-0.3, -0.25) is 9.59 Å². The van der Waals surface area contributed by atoms with Crippen molar-refractivity contribution in [1.29, 1.82) is 0 Å². The molecule has 0 radical (unpaired) electrons. The van der Waals surface area contributed by atoms with E-state index in [2.05, 4.69) is 0 Å². The summed E-state index contributed by atoms with van der Waals surface area (Å²) in [6, 6.07) is 9.06. The third kappa shape index (κ3) is 3.19. The Bertz CT molecular complexity index is 371. The maximum atomic E-state index is 11.8. The quantitative estimate of drug-likeness (QED) is 0.726. The molecule has 0 aromatic heterocycles. The zero-order chi connectivity index (χ0) is 12.1. The summed E-state index contributed by atoms with van der Waals surface area (Å²) >= 11 is 0. The molecule has 0 saturated carbocycles. The summed E-state index contributed by atoms with van der Waals surface area (Å²) in [6.07, 6.45) is 0.265. The second-order valence-corrected chi connectivity index (χ2v) is 4.13. The van der Waals surface area contributed by atoms with Crippen molar-refractivity contribution in [3.63, 3.8) is 0 Å². The van der Waals surface area contributed by atoms with Crippen LogP contribution in [0.1, 0.15) is 23.7 Å². The van der Waals surface area contributed by atoms with Crippen molar-refractivity contribution >= 4 is 11.7 Å². The van der Waals surface area contributed by atoms with Crippen LogP contribution in [0.3, 0.4) is 0 Å². The van der Waals surface area contributed by atoms with Gasteiger partial charge in [0.2, 0.25) is 5.91 Å². The third-order valence-corrected chi connectivity index (χ3v) is 2.45. The highest BCUT2D eigenvalue weighted by Crippen LogP contribution is 2.11. The molecule has 0 spiro atoms. The minimum atomic E-state index is -0.261. The molecule has 1 amide bonds. The molecule has 1 aromatic rings. The summed E-state index contributed by atoms with van der Waals surface area (Å²) in [4.78, 5) is 24.9. The molecule has 0 bridgehead atoms. The highest BCUT2D eigenvalue weighted by Gasteiger charge is 2.18. The van der Waals surface area contributed by atoms with E-state index in [-0.39, 0.29) is 24.0 Å². The van der Waals surface area contributed by atoms with Gasteiger partial charge in [0.25, 0.3) is 0 Å². The maximum Gasteiger partial charge on any atom is 0.225 e. The monoisotopic (exact) mass is 219 g/mol. The molecule has 16 heavy (non-hydrogen) atoms. The van der Waals surface area contributed by atoms with Gasteiger partial charge in [-0.05, 0) is 0 Å². The van der Waals surface area contributed by atoms with Crippen molar-refractivity contribution in [2.24, 2.45) is 5.92 Å². The number of hydrogen-bond acceptors (Lipinski definition) is 2. The highest BCUT2D eigenvalue weighted by molar-refractivity contribution is 5.98. The standard InChI is InChI=1S/C13H17NO2/c1-10(13(16)14(2)3)9-12(15)11-7-5-4-6-8-11/h4-8,10H,9H2,1-3H3. The Morgan fingerprint density at radius 3 is 2.25 bits per heavy atom. The van der Waals surface area contributed by atoms with E-state index in [0.29, 0.717) is 5.56 Å². The van der Waals surface area contributed by atoms with Gasteiger partial charge in [0.15, 0.2) is 5.78 Å². The minimum absolute atomic E-state index is 0.00992. The van der Waals surface area contributed by atoms with E-state index in [4.69, 9.17) is 0 Å². The largest absolute Gasteiger partial charge is 0.349 e. The molecule has 1 aromatic carbocycles. The fourth-order valence-electron chi connectivity index (χ4n) is 1.55. The van der Waals surface area contributed by atoms with Crippen LogP contribution < -0.4 is 0 Å². The van der Waals surface area contributed by atoms with Gasteiger partial charge in [0, 0.05) is 32.0 Å². The lowest BCUT2D eigenvalue weighted by Gasteiger charge is -2.15. The molecule has 1 rings (SSSR count). The number of carbonyl (C=O) groups excluding carboxylic acids is 2. The Balaban J connectivity index is 2.62. The number of ketones is 1. The average Bonchev–Trinajstić information content (AvgIpc) is 2.28. The Labute approximate surface area is 96.1 Å². The molecule has 0 saturated heterocycles. The lowest BCUT2D eigenvalue weighted by atomic mass is 9.99. The van der Waals surface area contributed by atoms with Gasteiger partial charge in [-0.15, -0.1) is 0 Å². The van der Waals surface area contributed by atoms with Crippen molar-refractivity contribution in [2.45, 2.75) is 13.3 Å². The molecule has 1 unspecified atom stereocenters. The van der Waals surface area contributed by atoms with Crippen LogP contribution >= 0.6 is 0 Å². The Hall–Kier alpha value is -1.64. The topological polar surface area (TPSA) is 37.4 Å². The zero-order valence-corrected chi connectivity index (χ0v) is 9.93. The molecule has 0 N–H and O–H groups in total. The second-order valence-electron chi connectivity index (χ2n) is 4.13. The summed E-state index contributed by atoms with van der Waals surface area (Å²) < 4.78 is 0. The number of benzene rings is 1. The van der Waals surface area contributed by atoms with E-state index < -0.39 is 0 Å². The van der Waals surface area contributed by atoms with Crippen LogP contribution in [0.25, 0.3) is 0 Å². The Morgan fingerprint density at radius 2 is 1.75 bits per heavy atom. The van der Waals surface area contributed by atoms with E-state index >= 15 is 0 Å².